The molecule has 1 N–H and O–H groups in total. The number of carboxylic acids is 1. The highest BCUT2D eigenvalue weighted by atomic mass is 19.3. The number of carbonyl (C=O) groups is 1. The van der Waals surface area contributed by atoms with Crippen molar-refractivity contribution in [3.8, 4) is 17.2 Å². The summed E-state index contributed by atoms with van der Waals surface area (Å²) < 4.78 is 39.3. The number of alkyl halides is 2. The van der Waals surface area contributed by atoms with Crippen LogP contribution in [0.4, 0.5) is 8.78 Å². The number of aromatic carboxylic acids is 1. The van der Waals surface area contributed by atoms with Gasteiger partial charge in [0.25, 0.3) is 0 Å². The molecule has 2 rings (SSSR count). The van der Waals surface area contributed by atoms with E-state index in [1.807, 2.05) is 0 Å². The maximum absolute atomic E-state index is 12.2. The van der Waals surface area contributed by atoms with Crippen molar-refractivity contribution < 1.29 is 32.9 Å². The Labute approximate surface area is 101 Å². The van der Waals surface area contributed by atoms with E-state index in [2.05, 4.69) is 4.74 Å². The highest BCUT2D eigenvalue weighted by Gasteiger charge is 2.36. The zero-order chi connectivity index (χ0) is 13.5. The van der Waals surface area contributed by atoms with Gasteiger partial charge in [0, 0.05) is 13.8 Å². The molecule has 0 unspecified atom stereocenters. The molecule has 0 spiro atoms. The fourth-order valence-electron chi connectivity index (χ4n) is 1.59. The Balaban J connectivity index is 2.49. The lowest BCUT2D eigenvalue weighted by Gasteiger charge is -2.16. The average molecular weight is 260 g/mol. The Kier molecular flexibility index (Phi) is 2.76. The molecule has 1 aromatic carbocycles. The van der Waals surface area contributed by atoms with Crippen LogP contribution in [0, 0.1) is 0 Å². The van der Waals surface area contributed by atoms with Crippen LogP contribution in [0.2, 0.25) is 0 Å². The largest absolute Gasteiger partial charge is 0.478 e. The predicted molar refractivity (Wildman–Crippen MR) is 55.4 cm³/mol. The first-order chi connectivity index (χ1) is 8.28. The van der Waals surface area contributed by atoms with Crippen LogP contribution in [0.3, 0.4) is 0 Å². The van der Waals surface area contributed by atoms with E-state index in [1.165, 1.54) is 6.07 Å². The van der Waals surface area contributed by atoms with Crippen LogP contribution >= 0.6 is 0 Å². The molecule has 0 atom stereocenters. The molecule has 5 nitrogen and oxygen atoms in total. The third-order valence-electron chi connectivity index (χ3n) is 2.19. The summed E-state index contributed by atoms with van der Waals surface area (Å²) >= 11 is 0. The Bertz CT molecular complexity index is 498. The van der Waals surface area contributed by atoms with E-state index in [-0.39, 0.29) is 22.8 Å². The molecule has 0 aromatic heterocycles. The molecule has 0 fully saturated rings. The summed E-state index contributed by atoms with van der Waals surface area (Å²) in [4.78, 5) is 10.9. The molecule has 1 aromatic rings. The maximum Gasteiger partial charge on any atom is 0.387 e. The fourth-order valence-corrected chi connectivity index (χ4v) is 1.59. The van der Waals surface area contributed by atoms with E-state index in [0.29, 0.717) is 0 Å². The Morgan fingerprint density at radius 3 is 2.61 bits per heavy atom. The van der Waals surface area contributed by atoms with Crippen LogP contribution in [0.15, 0.2) is 12.1 Å². The van der Waals surface area contributed by atoms with Crippen molar-refractivity contribution in [3.05, 3.63) is 17.7 Å². The number of carboxylic acid groups (broad SMARTS) is 1. The highest BCUT2D eigenvalue weighted by molar-refractivity contribution is 5.89. The van der Waals surface area contributed by atoms with Crippen molar-refractivity contribution >= 4 is 5.97 Å². The molecule has 0 amide bonds. The normalized spacial score (nSPS) is 15.8. The summed E-state index contributed by atoms with van der Waals surface area (Å²) in [5.41, 5.74) is -0.217. The lowest BCUT2D eigenvalue weighted by molar-refractivity contribution is -0.0617. The molecule has 1 aliphatic rings. The van der Waals surface area contributed by atoms with Crippen molar-refractivity contribution in [3.63, 3.8) is 0 Å². The van der Waals surface area contributed by atoms with Gasteiger partial charge in [-0.3, -0.25) is 0 Å². The second-order valence-electron chi connectivity index (χ2n) is 4.09. The highest BCUT2D eigenvalue weighted by Crippen LogP contribution is 2.47. The monoisotopic (exact) mass is 260 g/mol. The van der Waals surface area contributed by atoms with Gasteiger partial charge < -0.3 is 19.3 Å². The maximum atomic E-state index is 12.2. The zero-order valence-electron chi connectivity index (χ0n) is 9.57. The second-order valence-corrected chi connectivity index (χ2v) is 4.09. The van der Waals surface area contributed by atoms with Gasteiger partial charge in [-0.2, -0.15) is 8.78 Å². The van der Waals surface area contributed by atoms with Crippen molar-refractivity contribution in [2.75, 3.05) is 0 Å². The third kappa shape index (κ3) is 2.29. The van der Waals surface area contributed by atoms with Gasteiger partial charge in [0.2, 0.25) is 11.5 Å². The quantitative estimate of drug-likeness (QED) is 0.904. The van der Waals surface area contributed by atoms with Gasteiger partial charge in [0.05, 0.1) is 5.56 Å². The van der Waals surface area contributed by atoms with Crippen LogP contribution in [0.25, 0.3) is 0 Å². The van der Waals surface area contributed by atoms with Crippen LogP contribution in [0.5, 0.6) is 17.2 Å². The molecule has 0 aliphatic carbocycles. The number of hydrogen-bond acceptors (Lipinski definition) is 4. The van der Waals surface area contributed by atoms with E-state index >= 15 is 0 Å². The summed E-state index contributed by atoms with van der Waals surface area (Å²) in [5.74, 6) is -2.64. The van der Waals surface area contributed by atoms with Gasteiger partial charge >= 0.3 is 12.6 Å². The summed E-state index contributed by atoms with van der Waals surface area (Å²) in [6.07, 6.45) is 0. The molecule has 98 valence electrons. The molecule has 0 radical (unpaired) electrons. The smallest absolute Gasteiger partial charge is 0.387 e. The lowest BCUT2D eigenvalue weighted by atomic mass is 10.2. The average Bonchev–Trinajstić information content (AvgIpc) is 2.51. The van der Waals surface area contributed by atoms with Gasteiger partial charge in [0.1, 0.15) is 0 Å². The van der Waals surface area contributed by atoms with Crippen LogP contribution < -0.4 is 14.2 Å². The van der Waals surface area contributed by atoms with Gasteiger partial charge in [-0.1, -0.05) is 0 Å². The minimum atomic E-state index is -3.08. The topological polar surface area (TPSA) is 65.0 Å². The predicted octanol–water partition coefficient (Wildman–Crippen LogP) is 2.49. The fraction of sp³-hybridized carbons (Fsp3) is 0.364. The third-order valence-corrected chi connectivity index (χ3v) is 2.19. The first-order valence-electron chi connectivity index (χ1n) is 5.03. The van der Waals surface area contributed by atoms with Crippen LogP contribution in [-0.2, 0) is 0 Å². The molecule has 18 heavy (non-hydrogen) atoms. The zero-order valence-corrected chi connectivity index (χ0v) is 9.57. The minimum absolute atomic E-state index is 0.0229. The van der Waals surface area contributed by atoms with Crippen LogP contribution in [-0.4, -0.2) is 23.5 Å². The first-order valence-corrected chi connectivity index (χ1v) is 5.03. The Morgan fingerprint density at radius 2 is 2.06 bits per heavy atom. The van der Waals surface area contributed by atoms with Gasteiger partial charge in [-0.15, -0.1) is 0 Å². The second kappa shape index (κ2) is 4.01. The summed E-state index contributed by atoms with van der Waals surface area (Å²) in [7, 11) is 0. The summed E-state index contributed by atoms with van der Waals surface area (Å²) in [6.45, 7) is 0.0598. The van der Waals surface area contributed by atoms with Crippen molar-refractivity contribution in [1.29, 1.82) is 0 Å². The Morgan fingerprint density at radius 1 is 1.39 bits per heavy atom. The number of benzene rings is 1. The lowest BCUT2D eigenvalue weighted by Crippen LogP contribution is -2.29. The van der Waals surface area contributed by atoms with Crippen molar-refractivity contribution in [2.24, 2.45) is 0 Å². The van der Waals surface area contributed by atoms with E-state index in [4.69, 9.17) is 14.6 Å². The number of hydrogen-bond donors (Lipinski definition) is 1. The van der Waals surface area contributed by atoms with E-state index in [1.54, 1.807) is 13.8 Å². The SMILES string of the molecule is CC1(C)Oc2cc(C(=O)O)cc(OC(F)F)c2O1. The molecule has 7 heteroatoms. The van der Waals surface area contributed by atoms with Gasteiger partial charge in [-0.25, -0.2) is 4.79 Å². The van der Waals surface area contributed by atoms with Crippen molar-refractivity contribution in [1.82, 2.24) is 0 Å². The number of ether oxygens (including phenoxy) is 3. The molecule has 0 bridgehead atoms. The minimum Gasteiger partial charge on any atom is -0.478 e. The number of rotatable bonds is 3. The van der Waals surface area contributed by atoms with E-state index in [9.17, 15) is 13.6 Å². The summed E-state index contributed by atoms with van der Waals surface area (Å²) in [6, 6.07) is 2.17. The standard InChI is InChI=1S/C11H10F2O5/c1-11(2)17-7-4-5(9(14)15)3-6(8(7)18-11)16-10(12)13/h3-4,10H,1-2H3,(H,14,15). The van der Waals surface area contributed by atoms with E-state index < -0.39 is 18.4 Å². The molecular weight excluding hydrogens is 250 g/mol. The number of fused-ring (bicyclic) bond motifs is 1. The molecule has 0 saturated carbocycles. The van der Waals surface area contributed by atoms with Crippen LogP contribution in [0.1, 0.15) is 24.2 Å². The summed E-state index contributed by atoms with van der Waals surface area (Å²) in [5, 5.41) is 8.87. The molecule has 1 aliphatic heterocycles. The number of halogens is 2. The van der Waals surface area contributed by atoms with E-state index in [0.717, 1.165) is 6.07 Å². The molecule has 1 heterocycles. The van der Waals surface area contributed by atoms with Gasteiger partial charge in [-0.05, 0) is 12.1 Å². The Hall–Kier alpha value is -2.05. The van der Waals surface area contributed by atoms with Gasteiger partial charge in [0.15, 0.2) is 11.5 Å². The molecular formula is C11H10F2O5. The van der Waals surface area contributed by atoms with Crippen molar-refractivity contribution in [2.45, 2.75) is 26.2 Å². The molecule has 0 saturated heterocycles. The first kappa shape index (κ1) is 12.4.